The van der Waals surface area contributed by atoms with Gasteiger partial charge in [-0.1, -0.05) is 11.6 Å². The predicted octanol–water partition coefficient (Wildman–Crippen LogP) is -4.17. The lowest BCUT2D eigenvalue weighted by Crippen LogP contribution is -3.00. The number of pyridine rings is 2. The third-order valence-electron chi connectivity index (χ3n) is 4.10. The Balaban J connectivity index is 0.00000338. The van der Waals surface area contributed by atoms with Crippen molar-refractivity contribution in [1.82, 2.24) is 0 Å². The molecule has 2 aromatic heterocycles. The van der Waals surface area contributed by atoms with E-state index in [1.165, 1.54) is 25.5 Å². The molecule has 0 aromatic carbocycles. The van der Waals surface area contributed by atoms with E-state index in [0.29, 0.717) is 5.56 Å². The predicted molar refractivity (Wildman–Crippen MR) is 94.3 cm³/mol. The van der Waals surface area contributed by atoms with Crippen LogP contribution in [0, 0.1) is 0 Å². The van der Waals surface area contributed by atoms with Gasteiger partial charge in [-0.2, -0.15) is 0 Å². The summed E-state index contributed by atoms with van der Waals surface area (Å²) in [7, 11) is 0. The number of aryl methyl sites for hydroxylation is 2. The SMILES string of the molecule is NC(=O)c1ccc[n+](CCCCCCC[n+]2ccc(/C=N/O)cc2)c1.[Br-].[Br-]. The Labute approximate surface area is 181 Å². The molecule has 0 atom stereocenters. The summed E-state index contributed by atoms with van der Waals surface area (Å²) in [5.41, 5.74) is 6.73. The van der Waals surface area contributed by atoms with E-state index < -0.39 is 0 Å². The molecule has 6 nitrogen and oxygen atoms in total. The van der Waals surface area contributed by atoms with Gasteiger partial charge in [0.05, 0.1) is 6.21 Å². The fourth-order valence-electron chi connectivity index (χ4n) is 2.70. The Bertz CT molecular complexity index is 709. The minimum absolute atomic E-state index is 0. The Kier molecular flexibility index (Phi) is 13.3. The van der Waals surface area contributed by atoms with Gasteiger partial charge in [0.2, 0.25) is 0 Å². The van der Waals surface area contributed by atoms with Crippen molar-refractivity contribution in [3.8, 4) is 0 Å². The van der Waals surface area contributed by atoms with Crippen LogP contribution in [0.25, 0.3) is 0 Å². The fourth-order valence-corrected chi connectivity index (χ4v) is 2.70. The van der Waals surface area contributed by atoms with E-state index in [-0.39, 0.29) is 39.9 Å². The van der Waals surface area contributed by atoms with Gasteiger partial charge in [-0.15, -0.1) is 0 Å². The summed E-state index contributed by atoms with van der Waals surface area (Å²) in [5, 5.41) is 11.5. The molecule has 0 saturated heterocycles. The van der Waals surface area contributed by atoms with Gasteiger partial charge in [0.15, 0.2) is 24.8 Å². The van der Waals surface area contributed by atoms with Crippen molar-refractivity contribution >= 4 is 12.1 Å². The molecule has 27 heavy (non-hydrogen) atoms. The molecule has 0 saturated carbocycles. The van der Waals surface area contributed by atoms with Crippen molar-refractivity contribution in [2.45, 2.75) is 45.2 Å². The Morgan fingerprint density at radius 1 is 0.963 bits per heavy atom. The van der Waals surface area contributed by atoms with Crippen molar-refractivity contribution < 1.29 is 53.1 Å². The number of rotatable bonds is 10. The van der Waals surface area contributed by atoms with E-state index in [1.54, 1.807) is 6.07 Å². The van der Waals surface area contributed by atoms with Crippen LogP contribution in [0.4, 0.5) is 0 Å². The highest BCUT2D eigenvalue weighted by molar-refractivity contribution is 5.92. The molecule has 2 rings (SSSR count). The van der Waals surface area contributed by atoms with Gasteiger partial charge >= 0.3 is 0 Å². The normalized spacial score (nSPS) is 10.2. The molecule has 2 aromatic rings. The molecule has 0 aliphatic heterocycles. The number of nitrogens with zero attached hydrogens (tertiary/aromatic N) is 3. The molecule has 1 amide bonds. The maximum Gasteiger partial charge on any atom is 0.254 e. The zero-order chi connectivity index (χ0) is 17.9. The minimum Gasteiger partial charge on any atom is -1.00 e. The van der Waals surface area contributed by atoms with Crippen molar-refractivity contribution in [2.75, 3.05) is 0 Å². The third-order valence-corrected chi connectivity index (χ3v) is 4.10. The van der Waals surface area contributed by atoms with Crippen LogP contribution >= 0.6 is 0 Å². The van der Waals surface area contributed by atoms with E-state index in [1.807, 2.05) is 47.6 Å². The van der Waals surface area contributed by atoms with Crippen LogP contribution in [0.5, 0.6) is 0 Å². The van der Waals surface area contributed by atoms with Gasteiger partial charge in [-0.3, -0.25) is 4.79 Å². The highest BCUT2D eigenvalue weighted by atomic mass is 79.9. The molecule has 0 aliphatic carbocycles. The summed E-state index contributed by atoms with van der Waals surface area (Å²) in [5.74, 6) is -0.386. The molecule has 148 valence electrons. The second kappa shape index (κ2) is 14.3. The number of oxime groups is 1. The second-order valence-electron chi connectivity index (χ2n) is 6.08. The minimum atomic E-state index is -0.386. The van der Waals surface area contributed by atoms with E-state index in [0.717, 1.165) is 31.5 Å². The first-order chi connectivity index (χ1) is 12.2. The summed E-state index contributed by atoms with van der Waals surface area (Å²) >= 11 is 0. The van der Waals surface area contributed by atoms with Crippen LogP contribution in [0.1, 0.15) is 48.0 Å². The summed E-state index contributed by atoms with van der Waals surface area (Å²) < 4.78 is 4.16. The number of carbonyl (C=O) groups is 1. The van der Waals surface area contributed by atoms with Crippen molar-refractivity contribution in [1.29, 1.82) is 0 Å². The van der Waals surface area contributed by atoms with Gasteiger partial charge in [-0.25, -0.2) is 9.13 Å². The molecule has 0 unspecified atom stereocenters. The van der Waals surface area contributed by atoms with Crippen LogP contribution in [0.15, 0.2) is 54.2 Å². The van der Waals surface area contributed by atoms with Gasteiger partial charge in [0, 0.05) is 36.6 Å². The molecular formula is C19H26Br2N4O2. The number of aromatic nitrogens is 2. The summed E-state index contributed by atoms with van der Waals surface area (Å²) in [4.78, 5) is 11.2. The lowest BCUT2D eigenvalue weighted by Gasteiger charge is -2.00. The van der Waals surface area contributed by atoms with Crippen molar-refractivity contribution in [3.05, 3.63) is 60.2 Å². The Hall–Kier alpha value is -1.80. The van der Waals surface area contributed by atoms with Gasteiger partial charge < -0.3 is 44.9 Å². The molecule has 0 bridgehead atoms. The number of hydrogen-bond donors (Lipinski definition) is 2. The quantitative estimate of drug-likeness (QED) is 0.114. The van der Waals surface area contributed by atoms with E-state index >= 15 is 0 Å². The van der Waals surface area contributed by atoms with Crippen molar-refractivity contribution in [2.24, 2.45) is 10.9 Å². The number of amides is 1. The van der Waals surface area contributed by atoms with E-state index in [4.69, 9.17) is 10.9 Å². The molecule has 0 spiro atoms. The first-order valence-corrected chi connectivity index (χ1v) is 8.64. The molecule has 2 heterocycles. The third kappa shape index (κ3) is 9.63. The fraction of sp³-hybridized carbons (Fsp3) is 0.368. The highest BCUT2D eigenvalue weighted by Crippen LogP contribution is 2.03. The van der Waals surface area contributed by atoms with Gasteiger partial charge in [-0.05, 0) is 18.9 Å². The average molecular weight is 502 g/mol. The molecule has 0 fully saturated rings. The number of unbranched alkanes of at least 4 members (excludes halogenated alkanes) is 4. The van der Waals surface area contributed by atoms with Crippen molar-refractivity contribution in [3.63, 3.8) is 0 Å². The van der Waals surface area contributed by atoms with Crippen LogP contribution < -0.4 is 48.8 Å². The zero-order valence-electron chi connectivity index (χ0n) is 15.2. The monoisotopic (exact) mass is 500 g/mol. The Morgan fingerprint density at radius 2 is 1.56 bits per heavy atom. The average Bonchev–Trinajstić information content (AvgIpc) is 2.63. The number of hydrogen-bond acceptors (Lipinski definition) is 3. The summed E-state index contributed by atoms with van der Waals surface area (Å²) in [6, 6.07) is 7.45. The van der Waals surface area contributed by atoms with Gasteiger partial charge in [0.1, 0.15) is 18.7 Å². The van der Waals surface area contributed by atoms with Crippen LogP contribution in [0.3, 0.4) is 0 Å². The second-order valence-corrected chi connectivity index (χ2v) is 6.08. The van der Waals surface area contributed by atoms with E-state index in [2.05, 4.69) is 9.72 Å². The first kappa shape index (κ1) is 25.2. The number of primary amides is 1. The number of halogens is 2. The number of nitrogens with two attached hydrogens (primary N) is 1. The topological polar surface area (TPSA) is 83.4 Å². The first-order valence-electron chi connectivity index (χ1n) is 8.64. The smallest absolute Gasteiger partial charge is 0.254 e. The van der Waals surface area contributed by atoms with Crippen LogP contribution in [-0.2, 0) is 13.1 Å². The molecule has 8 heteroatoms. The highest BCUT2D eigenvalue weighted by Gasteiger charge is 2.06. The van der Waals surface area contributed by atoms with Gasteiger partial charge in [0.25, 0.3) is 5.91 Å². The summed E-state index contributed by atoms with van der Waals surface area (Å²) in [6.07, 6.45) is 15.0. The van der Waals surface area contributed by atoms with Crippen LogP contribution in [-0.4, -0.2) is 17.3 Å². The largest absolute Gasteiger partial charge is 1.00 e. The molecule has 0 aliphatic rings. The molecular weight excluding hydrogens is 476 g/mol. The lowest BCUT2D eigenvalue weighted by molar-refractivity contribution is -0.697. The standard InChI is InChI=1S/C19H24N4O2.2BrH/c20-19(24)18-7-6-12-23(16-18)11-5-3-1-2-4-10-22-13-8-17(9-14-22)15-21-25;;/h6-9,12-16H,1-5,10-11H2,(H-,20,24);2*1H. The van der Waals surface area contributed by atoms with Crippen LogP contribution in [0.2, 0.25) is 0 Å². The maximum atomic E-state index is 11.2. The summed E-state index contributed by atoms with van der Waals surface area (Å²) in [6.45, 7) is 1.90. The molecule has 0 radical (unpaired) electrons. The number of carbonyl (C=O) groups excluding carboxylic acids is 1. The molecule has 3 N–H and O–H groups in total. The van der Waals surface area contributed by atoms with E-state index in [9.17, 15) is 4.79 Å². The maximum absolute atomic E-state index is 11.2. The zero-order valence-corrected chi connectivity index (χ0v) is 18.3. The Morgan fingerprint density at radius 3 is 2.15 bits per heavy atom. The lowest BCUT2D eigenvalue weighted by atomic mass is 10.1.